The summed E-state index contributed by atoms with van der Waals surface area (Å²) in [4.78, 5) is 40.8. The molecule has 3 aromatic heterocycles. The lowest BCUT2D eigenvalue weighted by Crippen LogP contribution is -2.40. The molecule has 0 saturated carbocycles. The Balaban J connectivity index is 1.53. The van der Waals surface area contributed by atoms with E-state index in [4.69, 9.17) is 4.42 Å². The number of amides is 1. The summed E-state index contributed by atoms with van der Waals surface area (Å²) >= 11 is 0. The van der Waals surface area contributed by atoms with Crippen molar-refractivity contribution in [1.29, 1.82) is 0 Å². The lowest BCUT2D eigenvalue weighted by atomic mass is 10.1. The zero-order valence-electron chi connectivity index (χ0n) is 15.7. The Labute approximate surface area is 164 Å². The summed E-state index contributed by atoms with van der Waals surface area (Å²) in [5.41, 5.74) is 1.04. The van der Waals surface area contributed by atoms with Gasteiger partial charge in [-0.2, -0.15) is 5.10 Å². The van der Waals surface area contributed by atoms with Crippen molar-refractivity contribution in [3.05, 3.63) is 69.2 Å². The van der Waals surface area contributed by atoms with E-state index in [0.717, 1.165) is 0 Å². The van der Waals surface area contributed by atoms with Crippen LogP contribution in [0.3, 0.4) is 0 Å². The van der Waals surface area contributed by atoms with Gasteiger partial charge in [0.15, 0.2) is 11.2 Å². The minimum atomic E-state index is -0.514. The van der Waals surface area contributed by atoms with Crippen molar-refractivity contribution in [3.63, 3.8) is 0 Å². The molecule has 0 spiro atoms. The van der Waals surface area contributed by atoms with Gasteiger partial charge in [-0.15, -0.1) is 0 Å². The van der Waals surface area contributed by atoms with E-state index >= 15 is 0 Å². The SMILES string of the molecule is CC[C@@H](Cn1c(=O)oc2cccnc21)NC(=O)Cc1n[nH]c(=O)c2ccccc12. The van der Waals surface area contributed by atoms with Crippen LogP contribution in [0.25, 0.3) is 22.0 Å². The molecule has 0 fully saturated rings. The summed E-state index contributed by atoms with van der Waals surface area (Å²) in [5, 5.41) is 10.5. The number of hydrogen-bond donors (Lipinski definition) is 2. The van der Waals surface area contributed by atoms with Crippen LogP contribution in [0, 0.1) is 0 Å². The molecule has 148 valence electrons. The first-order valence-electron chi connectivity index (χ1n) is 9.27. The number of oxazole rings is 1. The van der Waals surface area contributed by atoms with E-state index < -0.39 is 5.76 Å². The van der Waals surface area contributed by atoms with Gasteiger partial charge < -0.3 is 9.73 Å². The number of pyridine rings is 1. The summed E-state index contributed by atoms with van der Waals surface area (Å²) in [5.74, 6) is -0.768. The topological polar surface area (TPSA) is 123 Å². The molecule has 1 aromatic carbocycles. The summed E-state index contributed by atoms with van der Waals surface area (Å²) < 4.78 is 6.61. The Morgan fingerprint density at radius 3 is 2.79 bits per heavy atom. The monoisotopic (exact) mass is 393 g/mol. The van der Waals surface area contributed by atoms with Crippen LogP contribution in [0.15, 0.2) is 56.6 Å². The molecule has 0 aliphatic rings. The summed E-state index contributed by atoms with van der Waals surface area (Å²) in [6, 6.07) is 10.1. The van der Waals surface area contributed by atoms with Crippen molar-refractivity contribution in [2.24, 2.45) is 0 Å². The molecule has 3 heterocycles. The second-order valence-corrected chi connectivity index (χ2v) is 6.70. The molecule has 9 heteroatoms. The van der Waals surface area contributed by atoms with Crippen LogP contribution in [0.2, 0.25) is 0 Å². The first-order valence-corrected chi connectivity index (χ1v) is 9.27. The number of carbonyl (C=O) groups excluding carboxylic acids is 1. The number of aromatic amines is 1. The number of nitrogens with one attached hydrogen (secondary N) is 2. The van der Waals surface area contributed by atoms with Crippen molar-refractivity contribution in [2.75, 3.05) is 0 Å². The molecule has 29 heavy (non-hydrogen) atoms. The van der Waals surface area contributed by atoms with E-state index in [2.05, 4.69) is 20.5 Å². The molecule has 2 N–H and O–H groups in total. The predicted molar refractivity (Wildman–Crippen MR) is 107 cm³/mol. The molecule has 0 radical (unpaired) electrons. The van der Waals surface area contributed by atoms with Crippen LogP contribution in [-0.2, 0) is 17.8 Å². The molecule has 4 aromatic rings. The van der Waals surface area contributed by atoms with Gasteiger partial charge in [-0.05, 0) is 24.6 Å². The van der Waals surface area contributed by atoms with Gasteiger partial charge in [0.25, 0.3) is 5.56 Å². The number of rotatable bonds is 6. The summed E-state index contributed by atoms with van der Waals surface area (Å²) in [7, 11) is 0. The smallest absolute Gasteiger partial charge is 0.406 e. The fourth-order valence-corrected chi connectivity index (χ4v) is 3.30. The van der Waals surface area contributed by atoms with Gasteiger partial charge in [0.2, 0.25) is 5.91 Å². The van der Waals surface area contributed by atoms with Crippen LogP contribution in [0.1, 0.15) is 19.0 Å². The highest BCUT2D eigenvalue weighted by Crippen LogP contribution is 2.13. The van der Waals surface area contributed by atoms with Gasteiger partial charge in [0, 0.05) is 17.6 Å². The van der Waals surface area contributed by atoms with E-state index in [-0.39, 0.29) is 30.5 Å². The molecule has 1 atom stereocenters. The quantitative estimate of drug-likeness (QED) is 0.510. The maximum atomic E-state index is 12.6. The van der Waals surface area contributed by atoms with Crippen molar-refractivity contribution < 1.29 is 9.21 Å². The highest BCUT2D eigenvalue weighted by atomic mass is 16.4. The zero-order valence-corrected chi connectivity index (χ0v) is 15.7. The van der Waals surface area contributed by atoms with Gasteiger partial charge in [-0.1, -0.05) is 25.1 Å². The molecule has 0 aliphatic carbocycles. The largest absolute Gasteiger partial charge is 0.421 e. The number of carbonyl (C=O) groups is 1. The third kappa shape index (κ3) is 3.66. The minimum absolute atomic E-state index is 0.00702. The van der Waals surface area contributed by atoms with Crippen LogP contribution < -0.4 is 16.6 Å². The number of hydrogen-bond acceptors (Lipinski definition) is 6. The third-order valence-electron chi connectivity index (χ3n) is 4.79. The molecular weight excluding hydrogens is 374 g/mol. The van der Waals surface area contributed by atoms with E-state index in [0.29, 0.717) is 34.1 Å². The van der Waals surface area contributed by atoms with Crippen molar-refractivity contribution in [3.8, 4) is 0 Å². The maximum absolute atomic E-state index is 12.6. The molecular formula is C20H19N5O4. The van der Waals surface area contributed by atoms with Crippen LogP contribution in [0.5, 0.6) is 0 Å². The second-order valence-electron chi connectivity index (χ2n) is 6.70. The number of benzene rings is 1. The fourth-order valence-electron chi connectivity index (χ4n) is 3.30. The Hall–Kier alpha value is -3.75. The van der Waals surface area contributed by atoms with E-state index in [1.165, 1.54) is 4.57 Å². The predicted octanol–water partition coefficient (Wildman–Crippen LogP) is 1.36. The molecule has 0 bridgehead atoms. The number of H-pyrrole nitrogens is 1. The highest BCUT2D eigenvalue weighted by molar-refractivity contribution is 5.88. The minimum Gasteiger partial charge on any atom is -0.406 e. The van der Waals surface area contributed by atoms with Crippen molar-refractivity contribution >= 4 is 27.9 Å². The lowest BCUT2D eigenvalue weighted by molar-refractivity contribution is -0.121. The van der Waals surface area contributed by atoms with Crippen LogP contribution >= 0.6 is 0 Å². The fraction of sp³-hybridized carbons (Fsp3) is 0.250. The number of nitrogens with zero attached hydrogens (tertiary/aromatic N) is 3. The number of aromatic nitrogens is 4. The zero-order chi connectivity index (χ0) is 20.4. The summed E-state index contributed by atoms with van der Waals surface area (Å²) in [6.07, 6.45) is 2.20. The number of fused-ring (bicyclic) bond motifs is 2. The lowest BCUT2D eigenvalue weighted by Gasteiger charge is -2.17. The summed E-state index contributed by atoms with van der Waals surface area (Å²) in [6.45, 7) is 2.16. The van der Waals surface area contributed by atoms with Crippen LogP contribution in [0.4, 0.5) is 0 Å². The molecule has 4 rings (SSSR count). The second kappa shape index (κ2) is 7.70. The first-order chi connectivity index (χ1) is 14.1. The third-order valence-corrected chi connectivity index (χ3v) is 4.79. The van der Waals surface area contributed by atoms with Crippen molar-refractivity contribution in [1.82, 2.24) is 25.1 Å². The Kier molecular flexibility index (Phi) is 4.94. The van der Waals surface area contributed by atoms with E-state index in [1.54, 1.807) is 42.6 Å². The van der Waals surface area contributed by atoms with Gasteiger partial charge in [0.1, 0.15) is 0 Å². The average molecular weight is 393 g/mol. The van der Waals surface area contributed by atoms with E-state index in [1.807, 2.05) is 6.92 Å². The molecule has 1 amide bonds. The maximum Gasteiger partial charge on any atom is 0.421 e. The normalized spacial score (nSPS) is 12.3. The standard InChI is InChI=1S/C20H19N5O4/c1-2-12(11-25-18-16(29-20(25)28)8-5-9-21-18)22-17(26)10-15-13-6-3-4-7-14(13)19(27)24-23-15/h3-9,12H,2,10-11H2,1H3,(H,22,26)(H,24,27)/t12-/m0/s1. The average Bonchev–Trinajstić information content (AvgIpc) is 3.05. The van der Waals surface area contributed by atoms with E-state index in [9.17, 15) is 14.4 Å². The first kappa shape index (κ1) is 18.6. The molecule has 0 saturated heterocycles. The Morgan fingerprint density at radius 2 is 2.00 bits per heavy atom. The van der Waals surface area contributed by atoms with Crippen molar-refractivity contribution in [2.45, 2.75) is 32.4 Å². The van der Waals surface area contributed by atoms with Gasteiger partial charge in [-0.25, -0.2) is 14.9 Å². The van der Waals surface area contributed by atoms with Crippen LogP contribution in [-0.4, -0.2) is 31.7 Å². The Morgan fingerprint density at radius 1 is 1.21 bits per heavy atom. The Bertz CT molecular complexity index is 1300. The van der Waals surface area contributed by atoms with Gasteiger partial charge >= 0.3 is 5.76 Å². The highest BCUT2D eigenvalue weighted by Gasteiger charge is 2.18. The molecule has 0 unspecified atom stereocenters. The molecule has 9 nitrogen and oxygen atoms in total. The molecule has 0 aliphatic heterocycles. The van der Waals surface area contributed by atoms with Gasteiger partial charge in [0.05, 0.1) is 24.0 Å². The van der Waals surface area contributed by atoms with Gasteiger partial charge in [-0.3, -0.25) is 14.2 Å².